The fraction of sp³-hybridized carbons (Fsp3) is 1.00. The minimum Gasteiger partial charge on any atom is -0.382 e. The van der Waals surface area contributed by atoms with Crippen molar-refractivity contribution < 1.29 is 9.47 Å². The Morgan fingerprint density at radius 2 is 1.75 bits per heavy atom. The summed E-state index contributed by atoms with van der Waals surface area (Å²) in [5.41, 5.74) is 0. The number of methoxy groups -OCH3 is 1. The van der Waals surface area contributed by atoms with Crippen LogP contribution in [0, 0.1) is 5.92 Å². The third kappa shape index (κ3) is 3.55. The molecule has 12 heavy (non-hydrogen) atoms. The molecule has 1 rings (SSSR count). The van der Waals surface area contributed by atoms with E-state index < -0.39 is 0 Å². The molecule has 2 heteroatoms. The van der Waals surface area contributed by atoms with Crippen molar-refractivity contribution in [2.24, 2.45) is 5.92 Å². The van der Waals surface area contributed by atoms with Gasteiger partial charge in [0.2, 0.25) is 0 Å². The van der Waals surface area contributed by atoms with Gasteiger partial charge in [-0.3, -0.25) is 0 Å². The molecule has 0 aromatic carbocycles. The first-order chi connectivity index (χ1) is 5.83. The van der Waals surface area contributed by atoms with Gasteiger partial charge in [0.15, 0.2) is 0 Å². The Morgan fingerprint density at radius 1 is 1.08 bits per heavy atom. The van der Waals surface area contributed by atoms with Crippen LogP contribution in [0.1, 0.15) is 32.6 Å². The Labute approximate surface area is 75.2 Å². The molecule has 1 aliphatic carbocycles. The van der Waals surface area contributed by atoms with Gasteiger partial charge in [-0.15, -0.1) is 0 Å². The molecule has 1 saturated carbocycles. The topological polar surface area (TPSA) is 18.5 Å². The summed E-state index contributed by atoms with van der Waals surface area (Å²) in [4.78, 5) is 0. The highest BCUT2D eigenvalue weighted by atomic mass is 16.5. The minimum absolute atomic E-state index is 0.511. The Kier molecular flexibility index (Phi) is 4.62. The summed E-state index contributed by atoms with van der Waals surface area (Å²) < 4.78 is 10.6. The van der Waals surface area contributed by atoms with Crippen molar-refractivity contribution in [3.63, 3.8) is 0 Å². The van der Waals surface area contributed by atoms with Gasteiger partial charge >= 0.3 is 0 Å². The second-order valence-electron chi connectivity index (χ2n) is 3.75. The zero-order valence-corrected chi connectivity index (χ0v) is 8.21. The van der Waals surface area contributed by atoms with Crippen LogP contribution >= 0.6 is 0 Å². The smallest absolute Gasteiger partial charge is 0.0704 e. The molecule has 1 fully saturated rings. The summed E-state index contributed by atoms with van der Waals surface area (Å²) in [5.74, 6) is 0.910. The van der Waals surface area contributed by atoms with Crippen molar-refractivity contribution in [3.05, 3.63) is 0 Å². The van der Waals surface area contributed by atoms with Crippen molar-refractivity contribution in [1.29, 1.82) is 0 Å². The molecule has 1 aliphatic rings. The molecule has 0 atom stereocenters. The average molecular weight is 172 g/mol. The normalized spacial score (nSPS) is 30.5. The number of ether oxygens (including phenoxy) is 2. The van der Waals surface area contributed by atoms with Gasteiger partial charge in [-0.05, 0) is 31.6 Å². The van der Waals surface area contributed by atoms with Crippen LogP contribution in [0.5, 0.6) is 0 Å². The third-order valence-corrected chi connectivity index (χ3v) is 2.60. The molecule has 0 aromatic heterocycles. The highest BCUT2D eigenvalue weighted by molar-refractivity contribution is 4.69. The van der Waals surface area contributed by atoms with Crippen LogP contribution in [0.25, 0.3) is 0 Å². The molecule has 0 aromatic rings. The van der Waals surface area contributed by atoms with Crippen molar-refractivity contribution in [3.8, 4) is 0 Å². The maximum absolute atomic E-state index is 5.65. The van der Waals surface area contributed by atoms with Crippen molar-refractivity contribution >= 4 is 0 Å². The predicted molar refractivity (Wildman–Crippen MR) is 49.2 cm³/mol. The van der Waals surface area contributed by atoms with Crippen LogP contribution in [0.15, 0.2) is 0 Å². The van der Waals surface area contributed by atoms with Gasteiger partial charge in [0.25, 0.3) is 0 Å². The maximum Gasteiger partial charge on any atom is 0.0704 e. The first-order valence-corrected chi connectivity index (χ1v) is 4.93. The van der Waals surface area contributed by atoms with E-state index in [2.05, 4.69) is 6.92 Å². The molecule has 0 aliphatic heterocycles. The zero-order valence-electron chi connectivity index (χ0n) is 8.21. The van der Waals surface area contributed by atoms with Gasteiger partial charge in [0.1, 0.15) is 0 Å². The van der Waals surface area contributed by atoms with Crippen molar-refractivity contribution in [2.75, 3.05) is 20.3 Å². The highest BCUT2D eigenvalue weighted by Gasteiger charge is 2.17. The van der Waals surface area contributed by atoms with Crippen LogP contribution in [0.2, 0.25) is 0 Å². The SMILES string of the molecule is COCCOC1CCC(C)CC1. The van der Waals surface area contributed by atoms with Crippen LogP contribution in [-0.2, 0) is 9.47 Å². The summed E-state index contributed by atoms with van der Waals surface area (Å²) in [6.07, 6.45) is 5.65. The summed E-state index contributed by atoms with van der Waals surface area (Å²) >= 11 is 0. The fourth-order valence-corrected chi connectivity index (χ4v) is 1.69. The van der Waals surface area contributed by atoms with Crippen LogP contribution in [0.3, 0.4) is 0 Å². The number of rotatable bonds is 4. The maximum atomic E-state index is 5.65. The van der Waals surface area contributed by atoms with Crippen LogP contribution < -0.4 is 0 Å². The minimum atomic E-state index is 0.511. The second-order valence-corrected chi connectivity index (χ2v) is 3.75. The first-order valence-electron chi connectivity index (χ1n) is 4.93. The summed E-state index contributed by atoms with van der Waals surface area (Å²) in [5, 5.41) is 0. The highest BCUT2D eigenvalue weighted by Crippen LogP contribution is 2.25. The quantitative estimate of drug-likeness (QED) is 0.605. The lowest BCUT2D eigenvalue weighted by Gasteiger charge is -2.26. The molecule has 0 spiro atoms. The average Bonchev–Trinajstić information content (AvgIpc) is 2.09. The molecule has 0 unspecified atom stereocenters. The Balaban J connectivity index is 2.01. The van der Waals surface area contributed by atoms with Crippen LogP contribution in [-0.4, -0.2) is 26.4 Å². The Bertz CT molecular complexity index is 106. The van der Waals surface area contributed by atoms with Crippen LogP contribution in [0.4, 0.5) is 0 Å². The lowest BCUT2D eigenvalue weighted by atomic mass is 9.89. The fourth-order valence-electron chi connectivity index (χ4n) is 1.69. The molecule has 72 valence electrons. The van der Waals surface area contributed by atoms with E-state index >= 15 is 0 Å². The molecular formula is C10H20O2. The van der Waals surface area contributed by atoms with E-state index in [-0.39, 0.29) is 0 Å². The lowest BCUT2D eigenvalue weighted by molar-refractivity contribution is -0.00623. The Hall–Kier alpha value is -0.0800. The predicted octanol–water partition coefficient (Wildman–Crippen LogP) is 2.23. The van der Waals surface area contributed by atoms with E-state index in [0.717, 1.165) is 19.1 Å². The van der Waals surface area contributed by atoms with Crippen molar-refractivity contribution in [2.45, 2.75) is 38.7 Å². The molecule has 0 heterocycles. The zero-order chi connectivity index (χ0) is 8.81. The van der Waals surface area contributed by atoms with E-state index in [9.17, 15) is 0 Å². The van der Waals surface area contributed by atoms with Gasteiger partial charge in [-0.1, -0.05) is 6.92 Å². The second kappa shape index (κ2) is 5.55. The Morgan fingerprint density at radius 3 is 2.33 bits per heavy atom. The van der Waals surface area contributed by atoms with E-state index in [4.69, 9.17) is 9.47 Å². The lowest BCUT2D eigenvalue weighted by Crippen LogP contribution is -2.21. The monoisotopic (exact) mass is 172 g/mol. The van der Waals surface area contributed by atoms with E-state index in [0.29, 0.717) is 6.10 Å². The van der Waals surface area contributed by atoms with Gasteiger partial charge in [0, 0.05) is 7.11 Å². The molecule has 2 nitrogen and oxygen atoms in total. The third-order valence-electron chi connectivity index (χ3n) is 2.60. The van der Waals surface area contributed by atoms with E-state index in [1.54, 1.807) is 7.11 Å². The largest absolute Gasteiger partial charge is 0.382 e. The molecule has 0 radical (unpaired) electrons. The molecular weight excluding hydrogens is 152 g/mol. The van der Waals surface area contributed by atoms with Gasteiger partial charge in [-0.25, -0.2) is 0 Å². The van der Waals surface area contributed by atoms with Gasteiger partial charge < -0.3 is 9.47 Å². The summed E-state index contributed by atoms with van der Waals surface area (Å²) in [6, 6.07) is 0. The van der Waals surface area contributed by atoms with Gasteiger partial charge in [-0.2, -0.15) is 0 Å². The van der Waals surface area contributed by atoms with E-state index in [1.807, 2.05) is 0 Å². The number of hydrogen-bond donors (Lipinski definition) is 0. The molecule has 0 N–H and O–H groups in total. The molecule has 0 bridgehead atoms. The summed E-state index contributed by atoms with van der Waals surface area (Å²) in [7, 11) is 1.71. The number of hydrogen-bond acceptors (Lipinski definition) is 2. The standard InChI is InChI=1S/C10H20O2/c1-9-3-5-10(6-4-9)12-8-7-11-2/h9-10H,3-8H2,1-2H3. The first kappa shape index (κ1) is 10.0. The van der Waals surface area contributed by atoms with E-state index in [1.165, 1.54) is 25.7 Å². The summed E-state index contributed by atoms with van der Waals surface area (Å²) in [6.45, 7) is 3.81. The molecule has 0 saturated heterocycles. The van der Waals surface area contributed by atoms with Gasteiger partial charge in [0.05, 0.1) is 19.3 Å². The molecule has 0 amide bonds. The van der Waals surface area contributed by atoms with Crippen molar-refractivity contribution in [1.82, 2.24) is 0 Å².